The van der Waals surface area contributed by atoms with Crippen LogP contribution in [0.2, 0.25) is 0 Å². The van der Waals surface area contributed by atoms with Crippen molar-refractivity contribution in [2.75, 3.05) is 0 Å². The molecule has 2 aromatic heterocycles. The highest BCUT2D eigenvalue weighted by Crippen LogP contribution is 2.24. The van der Waals surface area contributed by atoms with Gasteiger partial charge in [-0.15, -0.1) is 0 Å². The molecule has 1 unspecified atom stereocenters. The molecule has 0 bridgehead atoms. The Bertz CT molecular complexity index is 445. The quantitative estimate of drug-likeness (QED) is 0.879. The van der Waals surface area contributed by atoms with Gasteiger partial charge in [0.2, 0.25) is 0 Å². The van der Waals surface area contributed by atoms with E-state index in [4.69, 9.17) is 0 Å². The SMILES string of the molecule is CC(O)c1ccc(Sc2cnccn2)cn1. The van der Waals surface area contributed by atoms with Crippen LogP contribution < -0.4 is 0 Å². The van der Waals surface area contributed by atoms with Gasteiger partial charge in [0.15, 0.2) is 0 Å². The molecule has 0 aliphatic carbocycles. The molecule has 2 aromatic rings. The predicted molar refractivity (Wildman–Crippen MR) is 61.0 cm³/mol. The Morgan fingerprint density at radius 1 is 1.19 bits per heavy atom. The summed E-state index contributed by atoms with van der Waals surface area (Å²) in [5.41, 5.74) is 0.670. The zero-order valence-corrected chi connectivity index (χ0v) is 9.56. The Balaban J connectivity index is 2.11. The lowest BCUT2D eigenvalue weighted by molar-refractivity contribution is 0.194. The van der Waals surface area contributed by atoms with E-state index in [9.17, 15) is 5.11 Å². The Morgan fingerprint density at radius 3 is 2.62 bits per heavy atom. The van der Waals surface area contributed by atoms with Crippen molar-refractivity contribution in [2.45, 2.75) is 22.9 Å². The first-order valence-corrected chi connectivity index (χ1v) is 5.65. The molecule has 2 heterocycles. The summed E-state index contributed by atoms with van der Waals surface area (Å²) >= 11 is 1.49. The monoisotopic (exact) mass is 233 g/mol. The van der Waals surface area contributed by atoms with Gasteiger partial charge >= 0.3 is 0 Å². The minimum absolute atomic E-state index is 0.532. The highest BCUT2D eigenvalue weighted by atomic mass is 32.2. The molecule has 0 saturated heterocycles. The molecule has 5 heteroatoms. The molecule has 0 fully saturated rings. The molecule has 0 radical (unpaired) electrons. The van der Waals surface area contributed by atoms with E-state index in [0.29, 0.717) is 5.69 Å². The van der Waals surface area contributed by atoms with Crippen molar-refractivity contribution in [3.63, 3.8) is 0 Å². The van der Waals surface area contributed by atoms with Gasteiger partial charge in [-0.2, -0.15) is 0 Å². The van der Waals surface area contributed by atoms with E-state index in [2.05, 4.69) is 15.0 Å². The predicted octanol–water partition coefficient (Wildman–Crippen LogP) is 2.08. The van der Waals surface area contributed by atoms with Gasteiger partial charge in [-0.05, 0) is 19.1 Å². The van der Waals surface area contributed by atoms with Gasteiger partial charge < -0.3 is 5.11 Å². The molecular formula is C11H11N3OS. The lowest BCUT2D eigenvalue weighted by Gasteiger charge is -2.04. The number of pyridine rings is 1. The number of aromatic nitrogens is 3. The van der Waals surface area contributed by atoms with Crippen molar-refractivity contribution in [3.05, 3.63) is 42.6 Å². The molecular weight excluding hydrogens is 222 g/mol. The van der Waals surface area contributed by atoms with Gasteiger partial charge in [-0.3, -0.25) is 9.97 Å². The number of rotatable bonds is 3. The standard InChI is InChI=1S/C11H11N3OS/c1-8(15)10-3-2-9(6-14-10)16-11-7-12-4-5-13-11/h2-8,15H,1H3. The Morgan fingerprint density at radius 2 is 2.06 bits per heavy atom. The van der Waals surface area contributed by atoms with Crippen molar-refractivity contribution in [2.24, 2.45) is 0 Å². The van der Waals surface area contributed by atoms with Crippen LogP contribution in [0.1, 0.15) is 18.7 Å². The number of aliphatic hydroxyl groups excluding tert-OH is 1. The van der Waals surface area contributed by atoms with Crippen LogP contribution >= 0.6 is 11.8 Å². The van der Waals surface area contributed by atoms with Gasteiger partial charge in [-0.1, -0.05) is 11.8 Å². The molecule has 0 saturated carbocycles. The molecule has 82 valence electrons. The molecule has 0 spiro atoms. The fraction of sp³-hybridized carbons (Fsp3) is 0.182. The zero-order chi connectivity index (χ0) is 11.4. The van der Waals surface area contributed by atoms with Crippen LogP contribution in [0.3, 0.4) is 0 Å². The molecule has 1 N–H and O–H groups in total. The molecule has 1 atom stereocenters. The summed E-state index contributed by atoms with van der Waals surface area (Å²) in [6, 6.07) is 3.72. The molecule has 4 nitrogen and oxygen atoms in total. The van der Waals surface area contributed by atoms with Crippen molar-refractivity contribution in [3.8, 4) is 0 Å². The van der Waals surface area contributed by atoms with E-state index in [-0.39, 0.29) is 0 Å². The first-order valence-electron chi connectivity index (χ1n) is 4.83. The van der Waals surface area contributed by atoms with E-state index >= 15 is 0 Å². The molecule has 0 aromatic carbocycles. The summed E-state index contributed by atoms with van der Waals surface area (Å²) in [5, 5.41) is 10.1. The summed E-state index contributed by atoms with van der Waals surface area (Å²) in [7, 11) is 0. The van der Waals surface area contributed by atoms with E-state index in [1.807, 2.05) is 12.1 Å². The van der Waals surface area contributed by atoms with Crippen molar-refractivity contribution in [1.82, 2.24) is 15.0 Å². The lowest BCUT2D eigenvalue weighted by atomic mass is 10.2. The summed E-state index contributed by atoms with van der Waals surface area (Å²) in [6.45, 7) is 1.69. The fourth-order valence-electron chi connectivity index (χ4n) is 1.16. The summed E-state index contributed by atoms with van der Waals surface area (Å²) in [5.74, 6) is 0. The highest BCUT2D eigenvalue weighted by Gasteiger charge is 2.03. The maximum Gasteiger partial charge on any atom is 0.119 e. The van der Waals surface area contributed by atoms with Crippen LogP contribution in [-0.4, -0.2) is 20.1 Å². The first kappa shape index (κ1) is 11.0. The maximum atomic E-state index is 9.31. The van der Waals surface area contributed by atoms with Crippen LogP contribution in [-0.2, 0) is 0 Å². The minimum atomic E-state index is -0.532. The smallest absolute Gasteiger partial charge is 0.119 e. The van der Waals surface area contributed by atoms with Crippen LogP contribution in [0.4, 0.5) is 0 Å². The average molecular weight is 233 g/mol. The average Bonchev–Trinajstić information content (AvgIpc) is 2.31. The van der Waals surface area contributed by atoms with E-state index in [1.165, 1.54) is 11.8 Å². The minimum Gasteiger partial charge on any atom is -0.387 e. The largest absolute Gasteiger partial charge is 0.387 e. The van der Waals surface area contributed by atoms with Crippen molar-refractivity contribution >= 4 is 11.8 Å². The third kappa shape index (κ3) is 2.77. The van der Waals surface area contributed by atoms with E-state index < -0.39 is 6.10 Å². The maximum absolute atomic E-state index is 9.31. The zero-order valence-electron chi connectivity index (χ0n) is 8.74. The molecule has 2 rings (SSSR count). The van der Waals surface area contributed by atoms with Gasteiger partial charge in [0.1, 0.15) is 5.03 Å². The van der Waals surface area contributed by atoms with E-state index in [0.717, 1.165) is 9.92 Å². The Kier molecular flexibility index (Phi) is 3.48. The number of aliphatic hydroxyl groups is 1. The summed E-state index contributed by atoms with van der Waals surface area (Å²) in [4.78, 5) is 13.3. The molecule has 0 amide bonds. The molecule has 16 heavy (non-hydrogen) atoms. The number of nitrogens with zero attached hydrogens (tertiary/aromatic N) is 3. The fourth-order valence-corrected chi connectivity index (χ4v) is 1.87. The highest BCUT2D eigenvalue weighted by molar-refractivity contribution is 7.99. The topological polar surface area (TPSA) is 58.9 Å². The van der Waals surface area contributed by atoms with Crippen LogP contribution in [0, 0.1) is 0 Å². The third-order valence-corrected chi connectivity index (χ3v) is 2.85. The van der Waals surface area contributed by atoms with Crippen LogP contribution in [0.5, 0.6) is 0 Å². The first-order chi connectivity index (χ1) is 7.75. The van der Waals surface area contributed by atoms with Crippen LogP contribution in [0.25, 0.3) is 0 Å². The van der Waals surface area contributed by atoms with Gasteiger partial charge in [0.25, 0.3) is 0 Å². The third-order valence-electron chi connectivity index (χ3n) is 1.95. The number of hydrogen-bond acceptors (Lipinski definition) is 5. The second kappa shape index (κ2) is 5.05. The Labute approximate surface area is 97.8 Å². The second-order valence-electron chi connectivity index (χ2n) is 3.24. The van der Waals surface area contributed by atoms with Gasteiger partial charge in [-0.25, -0.2) is 4.98 Å². The van der Waals surface area contributed by atoms with E-state index in [1.54, 1.807) is 31.7 Å². The lowest BCUT2D eigenvalue weighted by Crippen LogP contribution is -1.94. The molecule has 0 aliphatic rings. The van der Waals surface area contributed by atoms with Crippen molar-refractivity contribution in [1.29, 1.82) is 0 Å². The second-order valence-corrected chi connectivity index (χ2v) is 4.33. The van der Waals surface area contributed by atoms with Crippen LogP contribution in [0.15, 0.2) is 46.8 Å². The van der Waals surface area contributed by atoms with Crippen molar-refractivity contribution < 1.29 is 5.11 Å². The Hall–Kier alpha value is -1.46. The summed E-state index contributed by atoms with van der Waals surface area (Å²) < 4.78 is 0. The van der Waals surface area contributed by atoms with Gasteiger partial charge in [0, 0.05) is 23.5 Å². The summed E-state index contributed by atoms with van der Waals surface area (Å²) in [6.07, 6.45) is 6.18. The number of hydrogen-bond donors (Lipinski definition) is 1. The van der Waals surface area contributed by atoms with Gasteiger partial charge in [0.05, 0.1) is 18.0 Å². The molecule has 0 aliphatic heterocycles. The normalized spacial score (nSPS) is 12.4.